The second-order valence-corrected chi connectivity index (χ2v) is 6.02. The first-order valence-corrected chi connectivity index (χ1v) is 6.75. The summed E-state index contributed by atoms with van der Waals surface area (Å²) in [6.45, 7) is 8.58. The Morgan fingerprint density at radius 1 is 1.61 bits per heavy atom. The minimum atomic E-state index is -0.0780. The maximum Gasteiger partial charge on any atom is 0.189 e. The number of thiazole rings is 1. The molecule has 0 aliphatic heterocycles. The van der Waals surface area contributed by atoms with E-state index >= 15 is 0 Å². The van der Waals surface area contributed by atoms with Gasteiger partial charge in [-0.1, -0.05) is 0 Å². The molecule has 18 heavy (non-hydrogen) atoms. The highest BCUT2D eigenvalue weighted by atomic mass is 32.1. The molecule has 102 valence electrons. The van der Waals surface area contributed by atoms with Crippen LogP contribution >= 0.6 is 11.3 Å². The number of methoxy groups -OCH3 is 1. The minimum absolute atomic E-state index is 0.0257. The Hall–Kier alpha value is -1.14. The number of guanidine groups is 1. The summed E-state index contributed by atoms with van der Waals surface area (Å²) in [5, 5.41) is 6.06. The molecule has 1 unspecified atom stereocenters. The van der Waals surface area contributed by atoms with E-state index in [2.05, 4.69) is 15.3 Å². The van der Waals surface area contributed by atoms with E-state index in [0.29, 0.717) is 12.5 Å². The molecular formula is C12H22N4OS. The fourth-order valence-electron chi connectivity index (χ4n) is 1.27. The topological polar surface area (TPSA) is 72.5 Å². The molecular weight excluding hydrogens is 248 g/mol. The predicted octanol–water partition coefficient (Wildman–Crippen LogP) is 2.05. The number of hydrogen-bond acceptors (Lipinski definition) is 4. The third-order valence-electron chi connectivity index (χ3n) is 2.19. The predicted molar refractivity (Wildman–Crippen MR) is 75.8 cm³/mol. The highest BCUT2D eigenvalue weighted by Crippen LogP contribution is 2.20. The smallest absolute Gasteiger partial charge is 0.189 e. The molecule has 0 saturated heterocycles. The van der Waals surface area contributed by atoms with Crippen molar-refractivity contribution in [3.05, 3.63) is 16.1 Å². The summed E-state index contributed by atoms with van der Waals surface area (Å²) in [5.41, 5.74) is 6.63. The Bertz CT molecular complexity index is 408. The summed E-state index contributed by atoms with van der Waals surface area (Å²) in [7, 11) is 1.68. The van der Waals surface area contributed by atoms with E-state index in [9.17, 15) is 0 Å². The summed E-state index contributed by atoms with van der Waals surface area (Å²) >= 11 is 1.58. The third-order valence-corrected chi connectivity index (χ3v) is 3.24. The summed E-state index contributed by atoms with van der Waals surface area (Å²) < 4.78 is 5.22. The van der Waals surface area contributed by atoms with Crippen molar-refractivity contribution in [2.24, 2.45) is 10.7 Å². The van der Waals surface area contributed by atoms with Gasteiger partial charge in [-0.15, -0.1) is 11.3 Å². The zero-order valence-electron chi connectivity index (χ0n) is 11.7. The van der Waals surface area contributed by atoms with E-state index < -0.39 is 0 Å². The van der Waals surface area contributed by atoms with E-state index in [0.717, 1.165) is 10.7 Å². The van der Waals surface area contributed by atoms with Gasteiger partial charge < -0.3 is 15.8 Å². The number of nitrogens with one attached hydrogen (secondary N) is 1. The fourth-order valence-corrected chi connectivity index (χ4v) is 2.11. The van der Waals surface area contributed by atoms with Gasteiger partial charge in [-0.25, -0.2) is 9.98 Å². The number of aromatic nitrogens is 1. The molecule has 6 heteroatoms. The molecule has 1 atom stereocenters. The van der Waals surface area contributed by atoms with Crippen molar-refractivity contribution in [2.75, 3.05) is 7.11 Å². The van der Waals surface area contributed by atoms with E-state index in [-0.39, 0.29) is 11.6 Å². The van der Waals surface area contributed by atoms with E-state index in [4.69, 9.17) is 10.5 Å². The van der Waals surface area contributed by atoms with Gasteiger partial charge in [0.25, 0.3) is 0 Å². The molecule has 3 N–H and O–H groups in total. The normalized spacial score (nSPS) is 14.6. The molecule has 0 fully saturated rings. The van der Waals surface area contributed by atoms with Gasteiger partial charge in [0.1, 0.15) is 11.1 Å². The first-order chi connectivity index (χ1) is 8.31. The number of hydrogen-bond donors (Lipinski definition) is 2. The lowest BCUT2D eigenvalue weighted by Crippen LogP contribution is -2.44. The molecule has 0 spiro atoms. The van der Waals surface area contributed by atoms with Crippen molar-refractivity contribution in [2.45, 2.75) is 45.9 Å². The molecule has 1 heterocycles. The Morgan fingerprint density at radius 2 is 2.28 bits per heavy atom. The average Bonchev–Trinajstić information content (AvgIpc) is 2.71. The van der Waals surface area contributed by atoms with Gasteiger partial charge in [-0.05, 0) is 27.7 Å². The van der Waals surface area contributed by atoms with Gasteiger partial charge in [0.2, 0.25) is 0 Å². The maximum atomic E-state index is 5.79. The molecule has 5 nitrogen and oxygen atoms in total. The monoisotopic (exact) mass is 270 g/mol. The molecule has 0 amide bonds. The quantitative estimate of drug-likeness (QED) is 0.649. The van der Waals surface area contributed by atoms with Crippen LogP contribution in [0.1, 0.15) is 44.5 Å². The van der Waals surface area contributed by atoms with Gasteiger partial charge in [0.05, 0.1) is 12.2 Å². The zero-order chi connectivity index (χ0) is 13.8. The van der Waals surface area contributed by atoms with Crippen LogP contribution < -0.4 is 11.1 Å². The Labute approximate surface area is 112 Å². The molecule has 0 aliphatic carbocycles. The Kier molecular flexibility index (Phi) is 5.10. The van der Waals surface area contributed by atoms with E-state index in [1.807, 2.05) is 33.1 Å². The summed E-state index contributed by atoms with van der Waals surface area (Å²) in [5.74, 6) is 0.442. The molecule has 0 bridgehead atoms. The first kappa shape index (κ1) is 14.9. The van der Waals surface area contributed by atoms with Crippen LogP contribution in [-0.2, 0) is 11.3 Å². The largest absolute Gasteiger partial charge is 0.375 e. The number of nitrogens with two attached hydrogens (primary N) is 1. The molecule has 1 aromatic heterocycles. The lowest BCUT2D eigenvalue weighted by Gasteiger charge is -2.20. The standard InChI is InChI=1S/C12H22N4OS/c1-8(17-5)10-15-9(7-18-10)6-14-11(13)16-12(2,3)4/h7-8H,6H2,1-5H3,(H3,13,14,16). The minimum Gasteiger partial charge on any atom is -0.375 e. The van der Waals surface area contributed by atoms with Gasteiger partial charge >= 0.3 is 0 Å². The lowest BCUT2D eigenvalue weighted by molar-refractivity contribution is 0.119. The number of nitrogens with zero attached hydrogens (tertiary/aromatic N) is 2. The third kappa shape index (κ3) is 5.01. The average molecular weight is 270 g/mol. The SMILES string of the molecule is COC(C)c1nc(CN=C(N)NC(C)(C)C)cs1. The van der Waals surface area contributed by atoms with Crippen molar-refractivity contribution >= 4 is 17.3 Å². The lowest BCUT2D eigenvalue weighted by atomic mass is 10.1. The summed E-state index contributed by atoms with van der Waals surface area (Å²) in [6, 6.07) is 0. The van der Waals surface area contributed by atoms with Crippen LogP contribution in [0.2, 0.25) is 0 Å². The number of aliphatic imine (C=N–C) groups is 1. The van der Waals surface area contributed by atoms with Crippen LogP contribution in [0.25, 0.3) is 0 Å². The van der Waals surface area contributed by atoms with Crippen LogP contribution in [0.4, 0.5) is 0 Å². The Morgan fingerprint density at radius 3 is 2.83 bits per heavy atom. The first-order valence-electron chi connectivity index (χ1n) is 5.87. The van der Waals surface area contributed by atoms with Crippen molar-refractivity contribution in [3.8, 4) is 0 Å². The summed E-state index contributed by atoms with van der Waals surface area (Å²) in [4.78, 5) is 8.72. The second-order valence-electron chi connectivity index (χ2n) is 5.13. The van der Waals surface area contributed by atoms with Crippen LogP contribution in [0.3, 0.4) is 0 Å². The Balaban J connectivity index is 2.58. The molecule has 1 rings (SSSR count). The van der Waals surface area contributed by atoms with Crippen molar-refractivity contribution in [1.29, 1.82) is 0 Å². The van der Waals surface area contributed by atoms with Crippen LogP contribution in [-0.4, -0.2) is 23.6 Å². The second kappa shape index (κ2) is 6.15. The van der Waals surface area contributed by atoms with Gasteiger partial charge in [-0.2, -0.15) is 0 Å². The van der Waals surface area contributed by atoms with Crippen molar-refractivity contribution < 1.29 is 4.74 Å². The highest BCUT2D eigenvalue weighted by Gasteiger charge is 2.11. The molecule has 0 saturated carbocycles. The van der Waals surface area contributed by atoms with Crippen molar-refractivity contribution in [3.63, 3.8) is 0 Å². The van der Waals surface area contributed by atoms with Gasteiger partial charge in [-0.3, -0.25) is 0 Å². The summed E-state index contributed by atoms with van der Waals surface area (Å²) in [6.07, 6.45) is 0.0257. The maximum absolute atomic E-state index is 5.79. The number of rotatable bonds is 4. The van der Waals surface area contributed by atoms with Crippen LogP contribution in [0, 0.1) is 0 Å². The zero-order valence-corrected chi connectivity index (χ0v) is 12.5. The van der Waals surface area contributed by atoms with Gasteiger partial charge in [0.15, 0.2) is 5.96 Å². The highest BCUT2D eigenvalue weighted by molar-refractivity contribution is 7.09. The van der Waals surface area contributed by atoms with E-state index in [1.54, 1.807) is 18.4 Å². The molecule has 0 aromatic carbocycles. The van der Waals surface area contributed by atoms with Gasteiger partial charge in [0, 0.05) is 18.0 Å². The fraction of sp³-hybridized carbons (Fsp3) is 0.667. The number of ether oxygens (including phenoxy) is 1. The molecule has 1 aromatic rings. The van der Waals surface area contributed by atoms with Crippen LogP contribution in [0.5, 0.6) is 0 Å². The molecule has 0 aliphatic rings. The van der Waals surface area contributed by atoms with Crippen LogP contribution in [0.15, 0.2) is 10.4 Å². The van der Waals surface area contributed by atoms with Crippen molar-refractivity contribution in [1.82, 2.24) is 10.3 Å². The van der Waals surface area contributed by atoms with E-state index in [1.165, 1.54) is 0 Å². The molecule has 0 radical (unpaired) electrons.